The van der Waals surface area contributed by atoms with Crippen LogP contribution in [-0.4, -0.2) is 15.1 Å². The van der Waals surface area contributed by atoms with Crippen molar-refractivity contribution in [1.82, 2.24) is 15.1 Å². The molecule has 2 aliphatic rings. The Bertz CT molecular complexity index is 933. The van der Waals surface area contributed by atoms with Crippen LogP contribution in [0.25, 0.3) is 16.3 Å². The molecule has 2 aromatic heterocycles. The number of benzene rings is 1. The van der Waals surface area contributed by atoms with E-state index >= 15 is 0 Å². The molecule has 3 aromatic rings. The maximum Gasteiger partial charge on any atom is 0.241 e. The summed E-state index contributed by atoms with van der Waals surface area (Å²) in [7, 11) is 0. The lowest BCUT2D eigenvalue weighted by Gasteiger charge is -2.07. The first-order valence-corrected chi connectivity index (χ1v) is 8.30. The van der Waals surface area contributed by atoms with Crippen LogP contribution in [-0.2, 0) is 5.88 Å². The molecule has 4 nitrogen and oxygen atoms in total. The first kappa shape index (κ1) is 13.3. The zero-order valence-corrected chi connectivity index (χ0v) is 13.1. The molecule has 2 aliphatic carbocycles. The van der Waals surface area contributed by atoms with Crippen molar-refractivity contribution >= 4 is 27.9 Å². The molecule has 0 spiro atoms. The topological polar surface area (TPSA) is 51.8 Å². The third kappa shape index (κ3) is 2.09. The smallest absolute Gasteiger partial charge is 0.241 e. The third-order valence-corrected chi connectivity index (χ3v) is 5.21. The Kier molecular flexibility index (Phi) is 2.82. The first-order chi connectivity index (χ1) is 11.3. The second-order valence-corrected chi connectivity index (χ2v) is 6.55. The number of allylic oxidation sites excluding steroid dienone is 2. The number of rotatable bonds is 3. The fourth-order valence-electron chi connectivity index (χ4n) is 3.77. The molecule has 1 aromatic carbocycles. The second-order valence-electron chi connectivity index (χ2n) is 6.28. The van der Waals surface area contributed by atoms with E-state index in [9.17, 15) is 0 Å². The summed E-state index contributed by atoms with van der Waals surface area (Å²) in [5, 5.41) is 6.48. The van der Waals surface area contributed by atoms with Gasteiger partial charge in [0.1, 0.15) is 5.88 Å². The van der Waals surface area contributed by atoms with Gasteiger partial charge in [-0.3, -0.25) is 4.98 Å². The molecular formula is C18H14ClN3O. The van der Waals surface area contributed by atoms with Gasteiger partial charge in [-0.25, -0.2) is 0 Å². The van der Waals surface area contributed by atoms with Crippen LogP contribution in [0.4, 0.5) is 0 Å². The fourth-order valence-corrected chi connectivity index (χ4v) is 3.87. The number of nitrogens with zero attached hydrogens (tertiary/aromatic N) is 3. The summed E-state index contributed by atoms with van der Waals surface area (Å²) >= 11 is 5.72. The molecule has 5 heteroatoms. The molecule has 114 valence electrons. The summed E-state index contributed by atoms with van der Waals surface area (Å²) in [5.74, 6) is 3.15. The van der Waals surface area contributed by atoms with Crippen LogP contribution in [0.1, 0.15) is 29.6 Å². The summed E-state index contributed by atoms with van der Waals surface area (Å²) in [6.45, 7) is 0. The van der Waals surface area contributed by atoms with Gasteiger partial charge in [-0.1, -0.05) is 23.4 Å². The van der Waals surface area contributed by atoms with Crippen LogP contribution < -0.4 is 0 Å². The van der Waals surface area contributed by atoms with Crippen molar-refractivity contribution in [3.05, 3.63) is 60.0 Å². The minimum Gasteiger partial charge on any atom is -0.338 e. The summed E-state index contributed by atoms with van der Waals surface area (Å²) in [5.41, 5.74) is 2.72. The van der Waals surface area contributed by atoms with E-state index in [2.05, 4.69) is 39.4 Å². The van der Waals surface area contributed by atoms with Crippen molar-refractivity contribution in [2.24, 2.45) is 11.8 Å². The second kappa shape index (κ2) is 4.90. The maximum atomic E-state index is 5.72. The quantitative estimate of drug-likeness (QED) is 0.679. The highest BCUT2D eigenvalue weighted by atomic mass is 35.5. The molecule has 3 atom stereocenters. The maximum absolute atomic E-state index is 5.72. The molecule has 1 fully saturated rings. The highest BCUT2D eigenvalue weighted by molar-refractivity contribution is 6.16. The fraction of sp³-hybridized carbons (Fsp3) is 0.278. The highest BCUT2D eigenvalue weighted by Crippen LogP contribution is 2.62. The number of hydrogen-bond acceptors (Lipinski definition) is 4. The van der Waals surface area contributed by atoms with Crippen LogP contribution in [0, 0.1) is 11.8 Å². The van der Waals surface area contributed by atoms with E-state index in [0.29, 0.717) is 23.6 Å². The molecule has 0 radical (unpaired) electrons. The Morgan fingerprint density at radius 3 is 2.96 bits per heavy atom. The summed E-state index contributed by atoms with van der Waals surface area (Å²) in [6.07, 6.45) is 7.21. The zero-order valence-electron chi connectivity index (χ0n) is 12.3. The van der Waals surface area contributed by atoms with Crippen molar-refractivity contribution < 1.29 is 4.52 Å². The van der Waals surface area contributed by atoms with E-state index in [4.69, 9.17) is 16.1 Å². The molecule has 0 aliphatic heterocycles. The normalized spacial score (nSPS) is 25.4. The van der Waals surface area contributed by atoms with Gasteiger partial charge in [0.25, 0.3) is 0 Å². The summed E-state index contributed by atoms with van der Waals surface area (Å²) in [4.78, 5) is 8.57. The Morgan fingerprint density at radius 1 is 1.22 bits per heavy atom. The average Bonchev–Trinajstić information content (AvgIpc) is 2.99. The summed E-state index contributed by atoms with van der Waals surface area (Å²) < 4.78 is 5.12. The largest absolute Gasteiger partial charge is 0.338 e. The number of hydrogen-bond donors (Lipinski definition) is 0. The van der Waals surface area contributed by atoms with Gasteiger partial charge >= 0.3 is 0 Å². The molecule has 0 bridgehead atoms. The van der Waals surface area contributed by atoms with Crippen molar-refractivity contribution in [3.8, 4) is 0 Å². The van der Waals surface area contributed by atoms with Crippen LogP contribution >= 0.6 is 11.6 Å². The average molecular weight is 324 g/mol. The molecule has 23 heavy (non-hydrogen) atoms. The Labute approximate surface area is 138 Å². The number of fused-ring (bicyclic) bond motifs is 2. The minimum absolute atomic E-state index is 0.279. The van der Waals surface area contributed by atoms with Gasteiger partial charge in [-0.05, 0) is 46.9 Å². The molecule has 1 saturated carbocycles. The lowest BCUT2D eigenvalue weighted by molar-refractivity contribution is 0.383. The minimum atomic E-state index is 0.279. The molecular weight excluding hydrogens is 310 g/mol. The lowest BCUT2D eigenvalue weighted by atomic mass is 9.98. The van der Waals surface area contributed by atoms with Gasteiger partial charge in [-0.2, -0.15) is 4.98 Å². The molecule has 0 unspecified atom stereocenters. The van der Waals surface area contributed by atoms with Gasteiger partial charge in [0.15, 0.2) is 5.82 Å². The van der Waals surface area contributed by atoms with E-state index < -0.39 is 0 Å². The van der Waals surface area contributed by atoms with E-state index in [0.717, 1.165) is 12.2 Å². The predicted octanol–water partition coefficient (Wildman–Crippen LogP) is 4.17. The van der Waals surface area contributed by atoms with Gasteiger partial charge in [0.2, 0.25) is 5.89 Å². The standard InChI is InChI=1S/C18H14ClN3O/c19-8-16-21-18(22-23-16)17-14-6-12(7-15(14)17)11-2-1-10-3-4-20-9-13(10)5-11/h1-6,9,14-15,17H,7-8H2/t14-,15+,17+/m0/s1. The lowest BCUT2D eigenvalue weighted by Crippen LogP contribution is -1.92. The predicted molar refractivity (Wildman–Crippen MR) is 87.9 cm³/mol. The molecule has 5 rings (SSSR count). The van der Waals surface area contributed by atoms with Gasteiger partial charge < -0.3 is 4.52 Å². The number of halogens is 1. The zero-order chi connectivity index (χ0) is 15.4. The van der Waals surface area contributed by atoms with E-state index in [-0.39, 0.29) is 5.88 Å². The van der Waals surface area contributed by atoms with Gasteiger partial charge in [0, 0.05) is 23.7 Å². The van der Waals surface area contributed by atoms with Crippen molar-refractivity contribution in [3.63, 3.8) is 0 Å². The van der Waals surface area contributed by atoms with Crippen molar-refractivity contribution in [1.29, 1.82) is 0 Å². The third-order valence-electron chi connectivity index (χ3n) is 4.99. The number of aromatic nitrogens is 3. The number of alkyl halides is 1. The van der Waals surface area contributed by atoms with Crippen LogP contribution in [0.2, 0.25) is 0 Å². The van der Waals surface area contributed by atoms with Crippen molar-refractivity contribution in [2.75, 3.05) is 0 Å². The molecule has 0 amide bonds. The molecule has 0 N–H and O–H groups in total. The first-order valence-electron chi connectivity index (χ1n) is 7.77. The van der Waals surface area contributed by atoms with E-state index in [1.54, 1.807) is 0 Å². The highest BCUT2D eigenvalue weighted by Gasteiger charge is 2.55. The van der Waals surface area contributed by atoms with Crippen LogP contribution in [0.5, 0.6) is 0 Å². The molecule has 2 heterocycles. The van der Waals surface area contributed by atoms with Gasteiger partial charge in [-0.15, -0.1) is 11.6 Å². The van der Waals surface area contributed by atoms with E-state index in [1.807, 2.05) is 18.5 Å². The number of pyridine rings is 1. The van der Waals surface area contributed by atoms with E-state index in [1.165, 1.54) is 21.9 Å². The Morgan fingerprint density at radius 2 is 2.17 bits per heavy atom. The Balaban J connectivity index is 1.41. The Hall–Kier alpha value is -2.20. The van der Waals surface area contributed by atoms with Crippen LogP contribution in [0.15, 0.2) is 47.3 Å². The van der Waals surface area contributed by atoms with Gasteiger partial charge in [0.05, 0.1) is 0 Å². The van der Waals surface area contributed by atoms with Crippen molar-refractivity contribution in [2.45, 2.75) is 18.2 Å². The van der Waals surface area contributed by atoms with Crippen LogP contribution in [0.3, 0.4) is 0 Å². The monoisotopic (exact) mass is 323 g/mol. The summed E-state index contributed by atoms with van der Waals surface area (Å²) in [6, 6.07) is 8.64. The SMILES string of the molecule is ClCc1nc([C@@H]2[C@H]3C=C(c4ccc5ccncc5c4)C[C@H]32)no1. The molecule has 0 saturated heterocycles.